The molecular formula is C11H13NO4. The number of carbonyl (C=O) groups excluding carboxylic acids is 1. The van der Waals surface area contributed by atoms with Crippen molar-refractivity contribution in [2.24, 2.45) is 5.73 Å². The fraction of sp³-hybridized carbons (Fsp3) is 0.182. The Morgan fingerprint density at radius 1 is 1.31 bits per heavy atom. The maximum Gasteiger partial charge on any atom is 0.241 e. The zero-order valence-electron chi connectivity index (χ0n) is 9.06. The molecule has 5 nitrogen and oxygen atoms in total. The van der Waals surface area contributed by atoms with Gasteiger partial charge in [0.05, 0.1) is 14.2 Å². The number of phenolic OH excluding ortho intramolecular Hbond substituents is 1. The van der Waals surface area contributed by atoms with Crippen LogP contribution in [0.3, 0.4) is 0 Å². The van der Waals surface area contributed by atoms with Gasteiger partial charge in [-0.2, -0.15) is 0 Å². The molecule has 0 aliphatic carbocycles. The monoisotopic (exact) mass is 223 g/mol. The zero-order valence-corrected chi connectivity index (χ0v) is 9.06. The Balaban J connectivity index is 3.16. The lowest BCUT2D eigenvalue weighted by molar-refractivity contribution is -0.113. The summed E-state index contributed by atoms with van der Waals surface area (Å²) >= 11 is 0. The fourth-order valence-electron chi connectivity index (χ4n) is 1.19. The molecule has 0 aromatic heterocycles. The minimum absolute atomic E-state index is 0.0822. The van der Waals surface area contributed by atoms with Gasteiger partial charge in [0, 0.05) is 6.08 Å². The molecule has 0 heterocycles. The Morgan fingerprint density at radius 3 is 2.19 bits per heavy atom. The SMILES string of the molecule is COc1cc(/C=C\C(N)=O)cc(OC)c1O. The number of hydrogen-bond acceptors (Lipinski definition) is 4. The average Bonchev–Trinajstić information content (AvgIpc) is 2.27. The molecule has 0 fully saturated rings. The Labute approximate surface area is 93.1 Å². The number of benzene rings is 1. The van der Waals surface area contributed by atoms with Crippen molar-refractivity contribution in [2.45, 2.75) is 0 Å². The van der Waals surface area contributed by atoms with Gasteiger partial charge < -0.3 is 20.3 Å². The van der Waals surface area contributed by atoms with Gasteiger partial charge in [0.1, 0.15) is 0 Å². The number of aromatic hydroxyl groups is 1. The quantitative estimate of drug-likeness (QED) is 0.743. The first-order valence-corrected chi connectivity index (χ1v) is 4.51. The van der Waals surface area contributed by atoms with Crippen molar-refractivity contribution in [3.05, 3.63) is 23.8 Å². The molecule has 0 aliphatic rings. The van der Waals surface area contributed by atoms with Crippen molar-refractivity contribution in [3.8, 4) is 17.2 Å². The maximum absolute atomic E-state index is 10.6. The van der Waals surface area contributed by atoms with Gasteiger partial charge in [-0.25, -0.2) is 0 Å². The number of methoxy groups -OCH3 is 2. The van der Waals surface area contributed by atoms with Crippen molar-refractivity contribution in [3.63, 3.8) is 0 Å². The van der Waals surface area contributed by atoms with Crippen molar-refractivity contribution >= 4 is 12.0 Å². The third-order valence-corrected chi connectivity index (χ3v) is 1.94. The normalized spacial score (nSPS) is 10.4. The van der Waals surface area contributed by atoms with Crippen LogP contribution in [0.2, 0.25) is 0 Å². The minimum Gasteiger partial charge on any atom is -0.502 e. The van der Waals surface area contributed by atoms with E-state index >= 15 is 0 Å². The molecule has 0 spiro atoms. The number of phenols is 1. The lowest BCUT2D eigenvalue weighted by atomic mass is 10.1. The van der Waals surface area contributed by atoms with Crippen LogP contribution in [0.15, 0.2) is 18.2 Å². The molecule has 16 heavy (non-hydrogen) atoms. The molecular weight excluding hydrogens is 210 g/mol. The molecule has 3 N–H and O–H groups in total. The zero-order chi connectivity index (χ0) is 12.1. The van der Waals surface area contributed by atoms with Crippen LogP contribution in [0.5, 0.6) is 17.2 Å². The Morgan fingerprint density at radius 2 is 1.81 bits per heavy atom. The molecule has 86 valence electrons. The minimum atomic E-state index is -0.550. The Bertz CT molecular complexity index is 401. The standard InChI is InChI=1S/C11H13NO4/c1-15-8-5-7(3-4-10(12)13)6-9(16-2)11(8)14/h3-6,14H,1-2H3,(H2,12,13)/b4-3-. The second-order valence-corrected chi connectivity index (χ2v) is 3.01. The highest BCUT2D eigenvalue weighted by molar-refractivity contribution is 5.90. The first kappa shape index (κ1) is 11.9. The molecule has 5 heteroatoms. The van der Waals surface area contributed by atoms with Crippen LogP contribution < -0.4 is 15.2 Å². The summed E-state index contributed by atoms with van der Waals surface area (Å²) in [6.07, 6.45) is 2.72. The number of carbonyl (C=O) groups is 1. The summed E-state index contributed by atoms with van der Waals surface area (Å²) in [4.78, 5) is 10.6. The van der Waals surface area contributed by atoms with E-state index < -0.39 is 5.91 Å². The summed E-state index contributed by atoms with van der Waals surface area (Å²) < 4.78 is 9.91. The summed E-state index contributed by atoms with van der Waals surface area (Å²) in [7, 11) is 2.85. The summed E-state index contributed by atoms with van der Waals surface area (Å²) in [5.41, 5.74) is 5.62. The van der Waals surface area contributed by atoms with Crippen LogP contribution in [-0.2, 0) is 4.79 Å². The molecule has 1 aromatic rings. The van der Waals surface area contributed by atoms with E-state index in [9.17, 15) is 9.90 Å². The van der Waals surface area contributed by atoms with Gasteiger partial charge in [-0.1, -0.05) is 0 Å². The summed E-state index contributed by atoms with van der Waals surface area (Å²) in [5, 5.41) is 9.62. The highest BCUT2D eigenvalue weighted by Crippen LogP contribution is 2.37. The van der Waals surface area contributed by atoms with Crippen LogP contribution >= 0.6 is 0 Å². The number of primary amides is 1. The van der Waals surface area contributed by atoms with Gasteiger partial charge in [0.2, 0.25) is 11.7 Å². The number of rotatable bonds is 4. The lowest BCUT2D eigenvalue weighted by Gasteiger charge is -2.09. The van der Waals surface area contributed by atoms with Crippen LogP contribution in [0, 0.1) is 0 Å². The lowest BCUT2D eigenvalue weighted by Crippen LogP contribution is -2.05. The highest BCUT2D eigenvalue weighted by atomic mass is 16.5. The van der Waals surface area contributed by atoms with Gasteiger partial charge in [-0.15, -0.1) is 0 Å². The van der Waals surface area contributed by atoms with E-state index in [1.165, 1.54) is 26.4 Å². The van der Waals surface area contributed by atoms with Crippen molar-refractivity contribution < 1.29 is 19.4 Å². The van der Waals surface area contributed by atoms with E-state index in [0.717, 1.165) is 0 Å². The predicted octanol–water partition coefficient (Wildman–Crippen LogP) is 0.908. The first-order chi connectivity index (χ1) is 7.58. The molecule has 0 aliphatic heterocycles. The Hall–Kier alpha value is -2.17. The van der Waals surface area contributed by atoms with Crippen LogP contribution in [0.4, 0.5) is 0 Å². The molecule has 1 rings (SSSR count). The van der Waals surface area contributed by atoms with E-state index in [4.69, 9.17) is 15.2 Å². The number of nitrogens with two attached hydrogens (primary N) is 1. The summed E-state index contributed by atoms with van der Waals surface area (Å²) in [6.45, 7) is 0. The smallest absolute Gasteiger partial charge is 0.241 e. The third kappa shape index (κ3) is 2.66. The maximum atomic E-state index is 10.6. The largest absolute Gasteiger partial charge is 0.502 e. The summed E-state index contributed by atoms with van der Waals surface area (Å²) in [5.74, 6) is -0.0980. The van der Waals surface area contributed by atoms with Crippen LogP contribution in [0.1, 0.15) is 5.56 Å². The second kappa shape index (κ2) is 5.06. The molecule has 0 radical (unpaired) electrons. The summed E-state index contributed by atoms with van der Waals surface area (Å²) in [6, 6.07) is 3.13. The Kier molecular flexibility index (Phi) is 3.77. The van der Waals surface area contributed by atoms with Gasteiger partial charge in [-0.05, 0) is 23.8 Å². The van der Waals surface area contributed by atoms with Crippen LogP contribution in [-0.4, -0.2) is 25.2 Å². The molecule has 0 atom stereocenters. The van der Waals surface area contributed by atoms with E-state index in [0.29, 0.717) is 5.56 Å². The van der Waals surface area contributed by atoms with Gasteiger partial charge >= 0.3 is 0 Å². The average molecular weight is 223 g/mol. The van der Waals surface area contributed by atoms with Crippen molar-refractivity contribution in [1.82, 2.24) is 0 Å². The molecule has 0 unspecified atom stereocenters. The molecule has 1 aromatic carbocycles. The van der Waals surface area contributed by atoms with Gasteiger partial charge in [0.15, 0.2) is 11.5 Å². The van der Waals surface area contributed by atoms with Crippen molar-refractivity contribution in [2.75, 3.05) is 14.2 Å². The van der Waals surface area contributed by atoms with E-state index in [1.807, 2.05) is 0 Å². The second-order valence-electron chi connectivity index (χ2n) is 3.01. The van der Waals surface area contributed by atoms with Gasteiger partial charge in [-0.3, -0.25) is 4.79 Å². The molecule has 0 saturated carbocycles. The van der Waals surface area contributed by atoms with E-state index in [-0.39, 0.29) is 17.2 Å². The van der Waals surface area contributed by atoms with E-state index in [1.54, 1.807) is 12.1 Å². The molecule has 0 bridgehead atoms. The molecule has 0 saturated heterocycles. The predicted molar refractivity (Wildman–Crippen MR) is 59.4 cm³/mol. The number of ether oxygens (including phenoxy) is 2. The number of amides is 1. The van der Waals surface area contributed by atoms with Crippen LogP contribution in [0.25, 0.3) is 6.08 Å². The number of hydrogen-bond donors (Lipinski definition) is 2. The first-order valence-electron chi connectivity index (χ1n) is 4.51. The topological polar surface area (TPSA) is 81.8 Å². The third-order valence-electron chi connectivity index (χ3n) is 1.94. The van der Waals surface area contributed by atoms with E-state index in [2.05, 4.69) is 0 Å². The fourth-order valence-corrected chi connectivity index (χ4v) is 1.19. The molecule has 1 amide bonds. The highest BCUT2D eigenvalue weighted by Gasteiger charge is 2.09. The van der Waals surface area contributed by atoms with Crippen molar-refractivity contribution in [1.29, 1.82) is 0 Å². The van der Waals surface area contributed by atoms with Gasteiger partial charge in [0.25, 0.3) is 0 Å².